The summed E-state index contributed by atoms with van der Waals surface area (Å²) in [7, 11) is 0. The van der Waals surface area contributed by atoms with E-state index in [1.165, 1.54) is 6.07 Å². The highest BCUT2D eigenvalue weighted by Gasteiger charge is 2.04. The van der Waals surface area contributed by atoms with Gasteiger partial charge in [-0.15, -0.1) is 0 Å². The van der Waals surface area contributed by atoms with Gasteiger partial charge in [-0.25, -0.2) is 14.4 Å². The third kappa shape index (κ3) is 2.90. The van der Waals surface area contributed by atoms with E-state index in [1.807, 2.05) is 13.0 Å². The number of nitrogens with one attached hydrogen (secondary N) is 1. The van der Waals surface area contributed by atoms with Gasteiger partial charge < -0.3 is 5.32 Å². The second-order valence-electron chi connectivity index (χ2n) is 4.16. The van der Waals surface area contributed by atoms with Crippen LogP contribution in [0.5, 0.6) is 0 Å². The van der Waals surface area contributed by atoms with Gasteiger partial charge in [-0.2, -0.15) is 0 Å². The van der Waals surface area contributed by atoms with E-state index < -0.39 is 0 Å². The highest BCUT2D eigenvalue weighted by atomic mass is 19.1. The van der Waals surface area contributed by atoms with Crippen molar-refractivity contribution >= 4 is 0 Å². The van der Waals surface area contributed by atoms with Crippen LogP contribution in [0.1, 0.15) is 18.1 Å². The number of nitrogens with zero attached hydrogens (tertiary/aromatic N) is 2. The molecule has 0 atom stereocenters. The lowest BCUT2D eigenvalue weighted by atomic mass is 10.1. The molecule has 0 unspecified atom stereocenters. The molecule has 18 heavy (non-hydrogen) atoms. The summed E-state index contributed by atoms with van der Waals surface area (Å²) in [5.74, 6) is 0.321. The second-order valence-corrected chi connectivity index (χ2v) is 4.16. The molecular weight excluding hydrogens is 229 g/mol. The fourth-order valence-corrected chi connectivity index (χ4v) is 1.60. The third-order valence-corrected chi connectivity index (χ3v) is 2.71. The van der Waals surface area contributed by atoms with Crippen molar-refractivity contribution < 1.29 is 4.39 Å². The molecule has 1 aromatic heterocycles. The molecule has 4 heteroatoms. The van der Waals surface area contributed by atoms with Gasteiger partial charge in [0.2, 0.25) is 0 Å². The first kappa shape index (κ1) is 12.6. The van der Waals surface area contributed by atoms with Crippen LogP contribution in [0.25, 0.3) is 11.4 Å². The van der Waals surface area contributed by atoms with Gasteiger partial charge in [0.25, 0.3) is 0 Å². The van der Waals surface area contributed by atoms with Crippen LogP contribution in [0.2, 0.25) is 0 Å². The Labute approximate surface area is 106 Å². The molecule has 1 aromatic carbocycles. The molecule has 0 radical (unpaired) electrons. The van der Waals surface area contributed by atoms with Crippen LogP contribution in [0.4, 0.5) is 4.39 Å². The average Bonchev–Trinajstić information content (AvgIpc) is 2.40. The standard InChI is InChI=1S/C14H16FN3/c1-3-16-7-11-8-17-14(18-9-11)12-5-4-10(2)13(15)6-12/h4-6,8-9,16H,3,7H2,1-2H3. The van der Waals surface area contributed by atoms with Gasteiger partial charge in [0.1, 0.15) is 5.82 Å². The molecule has 0 fully saturated rings. The Morgan fingerprint density at radius 3 is 2.56 bits per heavy atom. The fourth-order valence-electron chi connectivity index (χ4n) is 1.60. The monoisotopic (exact) mass is 245 g/mol. The molecule has 0 spiro atoms. The molecule has 2 aromatic rings. The summed E-state index contributed by atoms with van der Waals surface area (Å²) in [5.41, 5.74) is 2.35. The van der Waals surface area contributed by atoms with Gasteiger partial charge >= 0.3 is 0 Å². The van der Waals surface area contributed by atoms with E-state index in [1.54, 1.807) is 25.4 Å². The summed E-state index contributed by atoms with van der Waals surface area (Å²) >= 11 is 0. The van der Waals surface area contributed by atoms with Crippen molar-refractivity contribution in [3.8, 4) is 11.4 Å². The Balaban J connectivity index is 2.20. The van der Waals surface area contributed by atoms with Crippen LogP contribution in [0.3, 0.4) is 0 Å². The van der Waals surface area contributed by atoms with Gasteiger partial charge in [0.15, 0.2) is 5.82 Å². The largest absolute Gasteiger partial charge is 0.313 e. The van der Waals surface area contributed by atoms with E-state index in [2.05, 4.69) is 15.3 Å². The first-order chi connectivity index (χ1) is 8.70. The molecule has 0 aliphatic carbocycles. The Kier molecular flexibility index (Phi) is 3.99. The molecule has 94 valence electrons. The minimum atomic E-state index is -0.229. The van der Waals surface area contributed by atoms with Gasteiger partial charge in [-0.1, -0.05) is 19.1 Å². The van der Waals surface area contributed by atoms with Crippen LogP contribution < -0.4 is 5.32 Å². The number of hydrogen-bond acceptors (Lipinski definition) is 3. The van der Waals surface area contributed by atoms with E-state index in [9.17, 15) is 4.39 Å². The van der Waals surface area contributed by atoms with Crippen LogP contribution in [0, 0.1) is 12.7 Å². The number of hydrogen-bond donors (Lipinski definition) is 1. The van der Waals surface area contributed by atoms with Gasteiger partial charge in [-0.05, 0) is 25.1 Å². The molecule has 2 rings (SSSR count). The Morgan fingerprint density at radius 1 is 1.22 bits per heavy atom. The molecule has 0 saturated carbocycles. The maximum Gasteiger partial charge on any atom is 0.159 e. The molecule has 0 aliphatic rings. The summed E-state index contributed by atoms with van der Waals surface area (Å²) < 4.78 is 13.4. The van der Waals surface area contributed by atoms with Crippen LogP contribution >= 0.6 is 0 Å². The van der Waals surface area contributed by atoms with Crippen molar-refractivity contribution in [3.63, 3.8) is 0 Å². The van der Waals surface area contributed by atoms with E-state index in [-0.39, 0.29) is 5.82 Å². The van der Waals surface area contributed by atoms with Crippen molar-refractivity contribution in [2.24, 2.45) is 0 Å². The summed E-state index contributed by atoms with van der Waals surface area (Å²) in [6, 6.07) is 5.03. The van der Waals surface area contributed by atoms with E-state index in [4.69, 9.17) is 0 Å². The highest BCUT2D eigenvalue weighted by molar-refractivity contribution is 5.55. The van der Waals surface area contributed by atoms with Crippen LogP contribution in [-0.4, -0.2) is 16.5 Å². The molecule has 1 N–H and O–H groups in total. The topological polar surface area (TPSA) is 37.8 Å². The molecule has 3 nitrogen and oxygen atoms in total. The van der Waals surface area contributed by atoms with Crippen LogP contribution in [-0.2, 0) is 6.54 Å². The maximum absolute atomic E-state index is 13.4. The summed E-state index contributed by atoms with van der Waals surface area (Å²) in [6.07, 6.45) is 3.53. The molecule has 0 saturated heterocycles. The lowest BCUT2D eigenvalue weighted by Crippen LogP contribution is -2.12. The molecule has 1 heterocycles. The normalized spacial score (nSPS) is 10.6. The minimum absolute atomic E-state index is 0.229. The van der Waals surface area contributed by atoms with Gasteiger partial charge in [0.05, 0.1) is 0 Å². The number of halogens is 1. The predicted molar refractivity (Wildman–Crippen MR) is 69.5 cm³/mol. The third-order valence-electron chi connectivity index (χ3n) is 2.71. The molecular formula is C14H16FN3. The van der Waals surface area contributed by atoms with E-state index in [0.29, 0.717) is 17.0 Å². The first-order valence-corrected chi connectivity index (χ1v) is 5.99. The minimum Gasteiger partial charge on any atom is -0.313 e. The smallest absolute Gasteiger partial charge is 0.159 e. The molecule has 0 aliphatic heterocycles. The zero-order chi connectivity index (χ0) is 13.0. The second kappa shape index (κ2) is 5.69. The van der Waals surface area contributed by atoms with Gasteiger partial charge in [-0.3, -0.25) is 0 Å². The first-order valence-electron chi connectivity index (χ1n) is 5.99. The lowest BCUT2D eigenvalue weighted by Gasteiger charge is -2.04. The number of rotatable bonds is 4. The molecule has 0 amide bonds. The number of aromatic nitrogens is 2. The zero-order valence-corrected chi connectivity index (χ0v) is 10.6. The Morgan fingerprint density at radius 2 is 1.94 bits per heavy atom. The van der Waals surface area contributed by atoms with E-state index in [0.717, 1.165) is 18.7 Å². The van der Waals surface area contributed by atoms with Gasteiger partial charge in [0, 0.05) is 30.1 Å². The van der Waals surface area contributed by atoms with Crippen molar-refractivity contribution in [2.75, 3.05) is 6.54 Å². The van der Waals surface area contributed by atoms with Crippen LogP contribution in [0.15, 0.2) is 30.6 Å². The molecule has 0 bridgehead atoms. The lowest BCUT2D eigenvalue weighted by molar-refractivity contribution is 0.619. The predicted octanol–water partition coefficient (Wildman–Crippen LogP) is 2.70. The Bertz CT molecular complexity index is 523. The Hall–Kier alpha value is -1.81. The van der Waals surface area contributed by atoms with Crippen molar-refractivity contribution in [1.29, 1.82) is 0 Å². The highest BCUT2D eigenvalue weighted by Crippen LogP contribution is 2.17. The van der Waals surface area contributed by atoms with E-state index >= 15 is 0 Å². The maximum atomic E-state index is 13.4. The SMILES string of the molecule is CCNCc1cnc(-c2ccc(C)c(F)c2)nc1. The van der Waals surface area contributed by atoms with Crippen molar-refractivity contribution in [1.82, 2.24) is 15.3 Å². The number of benzene rings is 1. The zero-order valence-electron chi connectivity index (χ0n) is 10.6. The summed E-state index contributed by atoms with van der Waals surface area (Å²) in [6.45, 7) is 5.44. The quantitative estimate of drug-likeness (QED) is 0.900. The van der Waals surface area contributed by atoms with Crippen molar-refractivity contribution in [3.05, 3.63) is 47.5 Å². The van der Waals surface area contributed by atoms with Crippen molar-refractivity contribution in [2.45, 2.75) is 20.4 Å². The summed E-state index contributed by atoms with van der Waals surface area (Å²) in [5, 5.41) is 3.20. The fraction of sp³-hybridized carbons (Fsp3) is 0.286. The average molecular weight is 245 g/mol. The number of aryl methyl sites for hydroxylation is 1. The summed E-state index contributed by atoms with van der Waals surface area (Å²) in [4.78, 5) is 8.51.